The first-order chi connectivity index (χ1) is 9.47. The quantitative estimate of drug-likeness (QED) is 0.818. The predicted octanol–water partition coefficient (Wildman–Crippen LogP) is 2.28. The maximum absolute atomic E-state index is 11.7. The molecule has 2 amide bonds. The van der Waals surface area contributed by atoms with Crippen LogP contribution in [-0.2, 0) is 9.47 Å². The first kappa shape index (κ1) is 16.3. The number of amides is 2. The van der Waals surface area contributed by atoms with Crippen molar-refractivity contribution in [3.05, 3.63) is 28.8 Å². The van der Waals surface area contributed by atoms with E-state index in [1.807, 2.05) is 6.92 Å². The molecule has 0 bridgehead atoms. The molecule has 6 nitrogen and oxygen atoms in total. The number of ether oxygens (including phenoxy) is 2. The Hall–Kier alpha value is -1.79. The number of hydrogen-bond acceptors (Lipinski definition) is 4. The van der Waals surface area contributed by atoms with Crippen molar-refractivity contribution in [1.29, 1.82) is 0 Å². The number of carbonyl (C=O) groups excluding carboxylic acids is 2. The molecule has 0 aromatic heterocycles. The second-order valence-corrected chi connectivity index (χ2v) is 4.55. The summed E-state index contributed by atoms with van der Waals surface area (Å²) >= 11 is 5.89. The number of benzene rings is 1. The number of urea groups is 1. The van der Waals surface area contributed by atoms with Gasteiger partial charge in [0.15, 0.2) is 0 Å². The Bertz CT molecular complexity index is 493. The van der Waals surface area contributed by atoms with Crippen LogP contribution in [0.3, 0.4) is 0 Å². The fourth-order valence-electron chi connectivity index (χ4n) is 1.55. The van der Waals surface area contributed by atoms with E-state index in [0.717, 1.165) is 0 Å². The van der Waals surface area contributed by atoms with Crippen LogP contribution in [0.25, 0.3) is 0 Å². The van der Waals surface area contributed by atoms with E-state index in [0.29, 0.717) is 12.3 Å². The van der Waals surface area contributed by atoms with E-state index in [-0.39, 0.29) is 16.6 Å². The second kappa shape index (κ2) is 7.72. The molecule has 0 saturated carbocycles. The average Bonchev–Trinajstić information content (AvgIpc) is 2.40. The molecule has 2 N–H and O–H groups in total. The van der Waals surface area contributed by atoms with Gasteiger partial charge in [0.1, 0.15) is 0 Å². The van der Waals surface area contributed by atoms with Crippen LogP contribution >= 0.6 is 11.6 Å². The van der Waals surface area contributed by atoms with Gasteiger partial charge in [-0.3, -0.25) is 0 Å². The number of hydrogen-bond donors (Lipinski definition) is 2. The second-order valence-electron chi connectivity index (χ2n) is 4.14. The van der Waals surface area contributed by atoms with Crippen molar-refractivity contribution >= 4 is 29.3 Å². The lowest BCUT2D eigenvalue weighted by Gasteiger charge is -2.14. The first-order valence-electron chi connectivity index (χ1n) is 5.92. The topological polar surface area (TPSA) is 76.7 Å². The zero-order valence-corrected chi connectivity index (χ0v) is 12.3. The molecule has 7 heteroatoms. The summed E-state index contributed by atoms with van der Waals surface area (Å²) in [4.78, 5) is 23.2. The summed E-state index contributed by atoms with van der Waals surface area (Å²) in [5, 5.41) is 5.55. The predicted molar refractivity (Wildman–Crippen MR) is 76.3 cm³/mol. The molecule has 20 heavy (non-hydrogen) atoms. The van der Waals surface area contributed by atoms with Gasteiger partial charge in [0.05, 0.1) is 30.3 Å². The van der Waals surface area contributed by atoms with Crippen molar-refractivity contribution in [2.75, 3.05) is 26.1 Å². The molecule has 0 aliphatic heterocycles. The van der Waals surface area contributed by atoms with Gasteiger partial charge in [-0.25, -0.2) is 9.59 Å². The highest BCUT2D eigenvalue weighted by atomic mass is 35.5. The minimum absolute atomic E-state index is 0.132. The third-order valence-corrected chi connectivity index (χ3v) is 2.75. The van der Waals surface area contributed by atoms with Crippen molar-refractivity contribution in [3.8, 4) is 0 Å². The van der Waals surface area contributed by atoms with E-state index in [9.17, 15) is 9.59 Å². The Balaban J connectivity index is 2.73. The number of carbonyl (C=O) groups is 2. The number of rotatable bonds is 5. The van der Waals surface area contributed by atoms with Gasteiger partial charge < -0.3 is 20.1 Å². The van der Waals surface area contributed by atoms with Crippen LogP contribution in [0, 0.1) is 0 Å². The van der Waals surface area contributed by atoms with E-state index in [4.69, 9.17) is 16.3 Å². The van der Waals surface area contributed by atoms with Crippen LogP contribution < -0.4 is 10.6 Å². The van der Waals surface area contributed by atoms with Gasteiger partial charge in [0.25, 0.3) is 0 Å². The van der Waals surface area contributed by atoms with Crippen molar-refractivity contribution in [3.63, 3.8) is 0 Å². The summed E-state index contributed by atoms with van der Waals surface area (Å²) in [6.45, 7) is 2.21. The zero-order valence-electron chi connectivity index (χ0n) is 11.5. The Morgan fingerprint density at radius 3 is 2.65 bits per heavy atom. The highest BCUT2D eigenvalue weighted by Crippen LogP contribution is 2.21. The first-order valence-corrected chi connectivity index (χ1v) is 6.30. The maximum Gasteiger partial charge on any atom is 0.339 e. The largest absolute Gasteiger partial charge is 0.465 e. The summed E-state index contributed by atoms with van der Waals surface area (Å²) in [6.07, 6.45) is 0. The Kier molecular flexibility index (Phi) is 6.27. The van der Waals surface area contributed by atoms with Gasteiger partial charge in [-0.2, -0.15) is 0 Å². The third-order valence-electron chi connectivity index (χ3n) is 2.42. The van der Waals surface area contributed by atoms with Crippen molar-refractivity contribution in [1.82, 2.24) is 5.32 Å². The summed E-state index contributed by atoms with van der Waals surface area (Å²) < 4.78 is 9.52. The lowest BCUT2D eigenvalue weighted by molar-refractivity contribution is 0.0601. The lowest BCUT2D eigenvalue weighted by atomic mass is 10.2. The molecular weight excluding hydrogens is 284 g/mol. The SMILES string of the molecule is COC[C@H](C)NC(=O)Nc1ccc(Cl)c(C(=O)OC)c1. The lowest BCUT2D eigenvalue weighted by Crippen LogP contribution is -2.38. The van der Waals surface area contributed by atoms with Gasteiger partial charge in [0.2, 0.25) is 0 Å². The molecule has 1 aromatic carbocycles. The van der Waals surface area contributed by atoms with Gasteiger partial charge in [-0.15, -0.1) is 0 Å². The summed E-state index contributed by atoms with van der Waals surface area (Å²) in [5.74, 6) is -0.563. The molecular formula is C13H17ClN2O4. The molecule has 0 unspecified atom stereocenters. The van der Waals surface area contributed by atoms with Crippen molar-refractivity contribution in [2.45, 2.75) is 13.0 Å². The molecule has 0 aliphatic rings. The van der Waals surface area contributed by atoms with Gasteiger partial charge in [-0.05, 0) is 25.1 Å². The van der Waals surface area contributed by atoms with Gasteiger partial charge in [-0.1, -0.05) is 11.6 Å². The molecule has 1 rings (SSSR count). The highest BCUT2D eigenvalue weighted by molar-refractivity contribution is 6.33. The Morgan fingerprint density at radius 2 is 2.05 bits per heavy atom. The highest BCUT2D eigenvalue weighted by Gasteiger charge is 2.13. The van der Waals surface area contributed by atoms with Gasteiger partial charge in [0, 0.05) is 12.8 Å². The van der Waals surface area contributed by atoms with Crippen LogP contribution in [0.5, 0.6) is 0 Å². The van der Waals surface area contributed by atoms with Crippen LogP contribution in [0.4, 0.5) is 10.5 Å². The minimum atomic E-state index is -0.563. The fourth-order valence-corrected chi connectivity index (χ4v) is 1.75. The third kappa shape index (κ3) is 4.71. The van der Waals surface area contributed by atoms with E-state index in [1.165, 1.54) is 19.2 Å². The molecule has 0 radical (unpaired) electrons. The van der Waals surface area contributed by atoms with E-state index in [2.05, 4.69) is 15.4 Å². The Labute approximate surface area is 122 Å². The smallest absolute Gasteiger partial charge is 0.339 e. The molecule has 0 saturated heterocycles. The maximum atomic E-state index is 11.7. The van der Waals surface area contributed by atoms with Gasteiger partial charge >= 0.3 is 12.0 Å². The minimum Gasteiger partial charge on any atom is -0.465 e. The summed E-state index contributed by atoms with van der Waals surface area (Å²) in [5.41, 5.74) is 0.633. The monoisotopic (exact) mass is 300 g/mol. The number of methoxy groups -OCH3 is 2. The van der Waals surface area contributed by atoms with E-state index in [1.54, 1.807) is 13.2 Å². The normalized spacial score (nSPS) is 11.6. The fraction of sp³-hybridized carbons (Fsp3) is 0.385. The Morgan fingerprint density at radius 1 is 1.35 bits per heavy atom. The molecule has 0 heterocycles. The average molecular weight is 301 g/mol. The molecule has 0 spiro atoms. The van der Waals surface area contributed by atoms with Crippen LogP contribution in [0.15, 0.2) is 18.2 Å². The number of anilines is 1. The molecule has 110 valence electrons. The van der Waals surface area contributed by atoms with Crippen molar-refractivity contribution < 1.29 is 19.1 Å². The summed E-state index contributed by atoms with van der Waals surface area (Å²) in [6, 6.07) is 4.03. The standard InChI is InChI=1S/C13H17ClN2O4/c1-8(7-19-2)15-13(18)16-9-4-5-11(14)10(6-9)12(17)20-3/h4-6,8H,7H2,1-3H3,(H2,15,16,18)/t8-/m0/s1. The van der Waals surface area contributed by atoms with Crippen LogP contribution in [-0.4, -0.2) is 38.9 Å². The van der Waals surface area contributed by atoms with Crippen molar-refractivity contribution in [2.24, 2.45) is 0 Å². The number of halogens is 1. The van der Waals surface area contributed by atoms with E-state index < -0.39 is 12.0 Å². The molecule has 0 aliphatic carbocycles. The molecule has 1 aromatic rings. The zero-order chi connectivity index (χ0) is 15.1. The number of nitrogens with one attached hydrogen (secondary N) is 2. The van der Waals surface area contributed by atoms with Crippen LogP contribution in [0.2, 0.25) is 5.02 Å². The number of esters is 1. The molecule has 0 fully saturated rings. The molecule has 1 atom stereocenters. The van der Waals surface area contributed by atoms with Crippen LogP contribution in [0.1, 0.15) is 17.3 Å². The van der Waals surface area contributed by atoms with E-state index >= 15 is 0 Å². The summed E-state index contributed by atoms with van der Waals surface area (Å²) in [7, 11) is 2.82.